The van der Waals surface area contributed by atoms with Gasteiger partial charge in [0.25, 0.3) is 5.92 Å². The predicted molar refractivity (Wildman–Crippen MR) is 60.9 cm³/mol. The Labute approximate surface area is 95.4 Å². The molecule has 0 amide bonds. The maximum absolute atomic E-state index is 13.6. The van der Waals surface area contributed by atoms with E-state index >= 15 is 0 Å². The molecule has 0 heterocycles. The molecule has 0 aliphatic heterocycles. The molecule has 0 N–H and O–H groups in total. The molecule has 1 rings (SSSR count). The molecule has 90 valence electrons. The molecule has 0 fully saturated rings. The summed E-state index contributed by atoms with van der Waals surface area (Å²) in [6.07, 6.45) is 0.0523. The Hall–Kier alpha value is -1.12. The molecule has 0 bridgehead atoms. The van der Waals surface area contributed by atoms with Crippen LogP contribution in [0.25, 0.3) is 0 Å². The number of hydrogen-bond acceptors (Lipinski definition) is 1. The van der Waals surface area contributed by atoms with E-state index in [0.717, 1.165) is 0 Å². The summed E-state index contributed by atoms with van der Waals surface area (Å²) in [5, 5.41) is 0. The van der Waals surface area contributed by atoms with Crippen LogP contribution in [-0.4, -0.2) is 6.10 Å². The molecule has 0 saturated heterocycles. The third-order valence-electron chi connectivity index (χ3n) is 2.34. The Bertz CT molecular complexity index is 328. The topological polar surface area (TPSA) is 9.23 Å². The number of rotatable bonds is 4. The van der Waals surface area contributed by atoms with E-state index in [1.165, 1.54) is 26.0 Å². The maximum atomic E-state index is 13.6. The highest BCUT2D eigenvalue weighted by atomic mass is 19.3. The van der Waals surface area contributed by atoms with Gasteiger partial charge in [0, 0.05) is 11.5 Å². The first-order valence-electron chi connectivity index (χ1n) is 5.49. The third-order valence-corrected chi connectivity index (χ3v) is 2.34. The van der Waals surface area contributed by atoms with Gasteiger partial charge in [0.05, 0.1) is 6.10 Å². The van der Waals surface area contributed by atoms with Gasteiger partial charge in [-0.3, -0.25) is 0 Å². The summed E-state index contributed by atoms with van der Waals surface area (Å²) in [4.78, 5) is 0. The van der Waals surface area contributed by atoms with Crippen molar-refractivity contribution in [3.05, 3.63) is 29.8 Å². The summed E-state index contributed by atoms with van der Waals surface area (Å²) < 4.78 is 32.7. The van der Waals surface area contributed by atoms with E-state index < -0.39 is 11.8 Å². The SMILES string of the molecule is CC(C)Oc1ccc(C(F)(F)C(C)C)cc1. The first-order valence-corrected chi connectivity index (χ1v) is 5.49. The first kappa shape index (κ1) is 12.9. The molecule has 0 spiro atoms. The van der Waals surface area contributed by atoms with Crippen molar-refractivity contribution in [2.75, 3.05) is 0 Å². The van der Waals surface area contributed by atoms with E-state index in [1.807, 2.05) is 13.8 Å². The fourth-order valence-corrected chi connectivity index (χ4v) is 1.36. The number of alkyl halides is 2. The minimum absolute atomic E-state index is 0.0404. The van der Waals surface area contributed by atoms with E-state index in [-0.39, 0.29) is 11.7 Å². The average molecular weight is 228 g/mol. The molecule has 0 aliphatic carbocycles. The summed E-state index contributed by atoms with van der Waals surface area (Å²) in [5.74, 6) is -2.86. The predicted octanol–water partition coefficient (Wildman–Crippen LogP) is 4.22. The summed E-state index contributed by atoms with van der Waals surface area (Å²) in [6, 6.07) is 6.03. The Morgan fingerprint density at radius 1 is 1.00 bits per heavy atom. The van der Waals surface area contributed by atoms with Crippen molar-refractivity contribution in [2.45, 2.75) is 39.7 Å². The van der Waals surface area contributed by atoms with E-state index in [2.05, 4.69) is 0 Å². The van der Waals surface area contributed by atoms with Crippen molar-refractivity contribution < 1.29 is 13.5 Å². The van der Waals surface area contributed by atoms with Crippen molar-refractivity contribution in [2.24, 2.45) is 5.92 Å². The van der Waals surface area contributed by atoms with Crippen molar-refractivity contribution in [3.63, 3.8) is 0 Å². The van der Waals surface area contributed by atoms with Crippen LogP contribution in [-0.2, 0) is 5.92 Å². The molecule has 16 heavy (non-hydrogen) atoms. The lowest BCUT2D eigenvalue weighted by molar-refractivity contribution is -0.0514. The molecule has 0 saturated carbocycles. The van der Waals surface area contributed by atoms with Crippen LogP contribution in [0.15, 0.2) is 24.3 Å². The number of halogens is 2. The largest absolute Gasteiger partial charge is 0.491 e. The van der Waals surface area contributed by atoms with Gasteiger partial charge in [0.1, 0.15) is 5.75 Å². The first-order chi connectivity index (χ1) is 7.34. The molecule has 1 aromatic rings. The molecule has 0 aromatic heterocycles. The fourth-order valence-electron chi connectivity index (χ4n) is 1.36. The minimum Gasteiger partial charge on any atom is -0.491 e. The Balaban J connectivity index is 2.86. The molecule has 0 atom stereocenters. The zero-order chi connectivity index (χ0) is 12.3. The monoisotopic (exact) mass is 228 g/mol. The van der Waals surface area contributed by atoms with Gasteiger partial charge in [-0.25, -0.2) is 8.78 Å². The average Bonchev–Trinajstić information content (AvgIpc) is 2.17. The zero-order valence-corrected chi connectivity index (χ0v) is 10.1. The van der Waals surface area contributed by atoms with Crippen molar-refractivity contribution in [1.29, 1.82) is 0 Å². The van der Waals surface area contributed by atoms with Gasteiger partial charge in [-0.05, 0) is 38.1 Å². The molecule has 0 aliphatic rings. The normalized spacial score (nSPS) is 12.2. The van der Waals surface area contributed by atoms with E-state index in [1.54, 1.807) is 12.1 Å². The van der Waals surface area contributed by atoms with Gasteiger partial charge < -0.3 is 4.74 Å². The van der Waals surface area contributed by atoms with Gasteiger partial charge >= 0.3 is 0 Å². The standard InChI is InChI=1S/C13H18F2O/c1-9(2)13(14,15)11-5-7-12(8-6-11)16-10(3)4/h5-10H,1-4H3. The molecule has 3 heteroatoms. The van der Waals surface area contributed by atoms with Crippen LogP contribution in [0.1, 0.15) is 33.3 Å². The van der Waals surface area contributed by atoms with Crippen molar-refractivity contribution >= 4 is 0 Å². The second kappa shape index (κ2) is 4.81. The highest BCUT2D eigenvalue weighted by Crippen LogP contribution is 2.36. The van der Waals surface area contributed by atoms with Crippen molar-refractivity contribution in [3.8, 4) is 5.75 Å². The maximum Gasteiger partial charge on any atom is 0.275 e. The quantitative estimate of drug-likeness (QED) is 0.749. The second-order valence-electron chi connectivity index (χ2n) is 4.47. The molecular weight excluding hydrogens is 210 g/mol. The lowest BCUT2D eigenvalue weighted by Gasteiger charge is -2.21. The number of benzene rings is 1. The van der Waals surface area contributed by atoms with Gasteiger partial charge in [-0.2, -0.15) is 0 Å². The molecule has 1 aromatic carbocycles. The van der Waals surface area contributed by atoms with Crippen LogP contribution >= 0.6 is 0 Å². The van der Waals surface area contributed by atoms with E-state index in [9.17, 15) is 8.78 Å². The highest BCUT2D eigenvalue weighted by Gasteiger charge is 2.35. The van der Waals surface area contributed by atoms with Gasteiger partial charge in [-0.1, -0.05) is 13.8 Å². The van der Waals surface area contributed by atoms with Crippen LogP contribution in [0.4, 0.5) is 8.78 Å². The number of ether oxygens (including phenoxy) is 1. The summed E-state index contributed by atoms with van der Waals surface area (Å²) in [6.45, 7) is 6.82. The lowest BCUT2D eigenvalue weighted by atomic mass is 9.98. The number of hydrogen-bond donors (Lipinski definition) is 0. The lowest BCUT2D eigenvalue weighted by Crippen LogP contribution is -2.20. The zero-order valence-electron chi connectivity index (χ0n) is 10.1. The van der Waals surface area contributed by atoms with Crippen molar-refractivity contribution in [1.82, 2.24) is 0 Å². The molecule has 0 radical (unpaired) electrons. The van der Waals surface area contributed by atoms with Crippen LogP contribution in [0.3, 0.4) is 0 Å². The smallest absolute Gasteiger partial charge is 0.275 e. The molecular formula is C13H18F2O. The summed E-state index contributed by atoms with van der Waals surface area (Å²) in [7, 11) is 0. The van der Waals surface area contributed by atoms with Gasteiger partial charge in [0.2, 0.25) is 0 Å². The Morgan fingerprint density at radius 3 is 1.88 bits per heavy atom. The van der Waals surface area contributed by atoms with Gasteiger partial charge in [-0.15, -0.1) is 0 Å². The Morgan fingerprint density at radius 2 is 1.50 bits per heavy atom. The second-order valence-corrected chi connectivity index (χ2v) is 4.47. The van der Waals surface area contributed by atoms with E-state index in [4.69, 9.17) is 4.74 Å². The highest BCUT2D eigenvalue weighted by molar-refractivity contribution is 5.30. The van der Waals surface area contributed by atoms with Crippen LogP contribution in [0.5, 0.6) is 5.75 Å². The van der Waals surface area contributed by atoms with Gasteiger partial charge in [0.15, 0.2) is 0 Å². The molecule has 0 unspecified atom stereocenters. The van der Waals surface area contributed by atoms with Crippen LogP contribution < -0.4 is 4.74 Å². The minimum atomic E-state index is -2.78. The van der Waals surface area contributed by atoms with E-state index in [0.29, 0.717) is 5.75 Å². The Kier molecular flexibility index (Phi) is 3.89. The van der Waals surface area contributed by atoms with Crippen LogP contribution in [0.2, 0.25) is 0 Å². The third kappa shape index (κ3) is 2.94. The fraction of sp³-hybridized carbons (Fsp3) is 0.538. The summed E-state index contributed by atoms with van der Waals surface area (Å²) in [5.41, 5.74) is 0.0404. The summed E-state index contributed by atoms with van der Waals surface area (Å²) >= 11 is 0. The molecule has 1 nitrogen and oxygen atoms in total. The van der Waals surface area contributed by atoms with Crippen LogP contribution in [0, 0.1) is 5.92 Å².